The van der Waals surface area contributed by atoms with Crippen LogP contribution in [-0.2, 0) is 6.54 Å². The summed E-state index contributed by atoms with van der Waals surface area (Å²) in [6, 6.07) is 18.4. The first kappa shape index (κ1) is 16.1. The molecule has 2 bridgehead atoms. The van der Waals surface area contributed by atoms with Gasteiger partial charge in [0.05, 0.1) is 5.56 Å². The van der Waals surface area contributed by atoms with Crippen molar-refractivity contribution in [3.63, 3.8) is 0 Å². The molecule has 126 valence electrons. The first-order valence-electron chi connectivity index (χ1n) is 8.95. The van der Waals surface area contributed by atoms with E-state index in [-0.39, 0.29) is 5.56 Å². The van der Waals surface area contributed by atoms with Gasteiger partial charge in [0.1, 0.15) is 11.9 Å². The van der Waals surface area contributed by atoms with Gasteiger partial charge in [-0.3, -0.25) is 4.90 Å². The number of benzene rings is 2. The minimum absolute atomic E-state index is 0.117. The summed E-state index contributed by atoms with van der Waals surface area (Å²) in [5.74, 6) is -0.419. The van der Waals surface area contributed by atoms with Gasteiger partial charge in [-0.2, -0.15) is 5.26 Å². The van der Waals surface area contributed by atoms with E-state index in [9.17, 15) is 4.39 Å². The zero-order valence-electron chi connectivity index (χ0n) is 14.2. The second-order valence-electron chi connectivity index (χ2n) is 7.01. The fourth-order valence-corrected chi connectivity index (χ4v) is 4.18. The Balaban J connectivity index is 1.61. The third-order valence-electron chi connectivity index (χ3n) is 5.45. The Morgan fingerprint density at radius 2 is 1.96 bits per heavy atom. The zero-order valence-corrected chi connectivity index (χ0v) is 14.2. The average Bonchev–Trinajstić information content (AvgIpc) is 2.62. The summed E-state index contributed by atoms with van der Waals surface area (Å²) in [6.45, 7) is 0.974. The number of rotatable bonds is 3. The lowest BCUT2D eigenvalue weighted by molar-refractivity contribution is 0.0951. The monoisotopic (exact) mass is 332 g/mol. The van der Waals surface area contributed by atoms with Crippen molar-refractivity contribution < 1.29 is 4.39 Å². The van der Waals surface area contributed by atoms with Crippen LogP contribution in [0.1, 0.15) is 42.4 Å². The quantitative estimate of drug-likeness (QED) is 0.799. The molecule has 2 aromatic rings. The normalized spacial score (nSPS) is 23.0. The third-order valence-corrected chi connectivity index (χ3v) is 5.45. The first-order chi connectivity index (χ1) is 12.2. The van der Waals surface area contributed by atoms with E-state index in [1.165, 1.54) is 30.0 Å². The maximum absolute atomic E-state index is 14.0. The molecule has 2 aliphatic heterocycles. The van der Waals surface area contributed by atoms with Crippen LogP contribution in [-0.4, -0.2) is 17.0 Å². The van der Waals surface area contributed by atoms with Crippen molar-refractivity contribution in [3.8, 4) is 6.07 Å². The van der Waals surface area contributed by atoms with Crippen molar-refractivity contribution in [2.75, 3.05) is 0 Å². The van der Waals surface area contributed by atoms with Gasteiger partial charge in [-0.1, -0.05) is 48.9 Å². The molecule has 0 saturated carbocycles. The van der Waals surface area contributed by atoms with Crippen molar-refractivity contribution >= 4 is 5.57 Å². The first-order valence-corrected chi connectivity index (χ1v) is 8.95. The molecule has 2 aromatic carbocycles. The molecule has 2 unspecified atom stereocenters. The van der Waals surface area contributed by atoms with Gasteiger partial charge in [0, 0.05) is 18.6 Å². The van der Waals surface area contributed by atoms with Crippen molar-refractivity contribution in [2.45, 2.75) is 44.3 Å². The van der Waals surface area contributed by atoms with Crippen LogP contribution < -0.4 is 0 Å². The molecule has 0 amide bonds. The van der Waals surface area contributed by atoms with E-state index in [2.05, 4.69) is 41.3 Å². The Hall–Kier alpha value is -2.44. The van der Waals surface area contributed by atoms with Crippen LogP contribution in [0.4, 0.5) is 4.39 Å². The Morgan fingerprint density at radius 1 is 1.12 bits per heavy atom. The van der Waals surface area contributed by atoms with Crippen molar-refractivity contribution in [3.05, 3.63) is 77.1 Å². The largest absolute Gasteiger partial charge is 0.289 e. The van der Waals surface area contributed by atoms with Crippen LogP contribution in [0.15, 0.2) is 54.6 Å². The minimum atomic E-state index is -0.419. The van der Waals surface area contributed by atoms with Gasteiger partial charge < -0.3 is 0 Å². The molecule has 3 heteroatoms. The van der Waals surface area contributed by atoms with E-state index in [4.69, 9.17) is 5.26 Å². The van der Waals surface area contributed by atoms with E-state index < -0.39 is 5.82 Å². The topological polar surface area (TPSA) is 27.0 Å². The lowest BCUT2D eigenvalue weighted by atomic mass is 9.82. The lowest BCUT2D eigenvalue weighted by Crippen LogP contribution is -2.47. The minimum Gasteiger partial charge on any atom is -0.289 e. The van der Waals surface area contributed by atoms with Crippen LogP contribution in [0, 0.1) is 17.1 Å². The summed E-state index contributed by atoms with van der Waals surface area (Å²) in [6.07, 6.45) is 6.88. The van der Waals surface area contributed by atoms with Crippen LogP contribution in [0.25, 0.3) is 5.57 Å². The van der Waals surface area contributed by atoms with Gasteiger partial charge in [-0.25, -0.2) is 4.39 Å². The third kappa shape index (κ3) is 3.23. The Kier molecular flexibility index (Phi) is 4.38. The summed E-state index contributed by atoms with van der Waals surface area (Å²) >= 11 is 0. The molecule has 0 aliphatic carbocycles. The molecule has 2 heterocycles. The summed E-state index contributed by atoms with van der Waals surface area (Å²) in [7, 11) is 0. The van der Waals surface area contributed by atoms with Crippen LogP contribution >= 0.6 is 0 Å². The smallest absolute Gasteiger partial charge is 0.141 e. The molecule has 2 aliphatic rings. The van der Waals surface area contributed by atoms with Crippen LogP contribution in [0.2, 0.25) is 0 Å². The molecule has 0 N–H and O–H groups in total. The number of hydrogen-bond acceptors (Lipinski definition) is 2. The number of nitrogens with zero attached hydrogens (tertiary/aromatic N) is 2. The number of halogens is 1. The molecular weight excluding hydrogens is 311 g/mol. The fourth-order valence-electron chi connectivity index (χ4n) is 4.18. The van der Waals surface area contributed by atoms with E-state index >= 15 is 0 Å². The van der Waals surface area contributed by atoms with Crippen molar-refractivity contribution in [1.82, 2.24) is 4.90 Å². The molecule has 25 heavy (non-hydrogen) atoms. The highest BCUT2D eigenvalue weighted by Crippen LogP contribution is 2.38. The predicted molar refractivity (Wildman–Crippen MR) is 97.1 cm³/mol. The zero-order chi connectivity index (χ0) is 17.2. The summed E-state index contributed by atoms with van der Waals surface area (Å²) in [4.78, 5) is 2.60. The van der Waals surface area contributed by atoms with E-state index in [0.717, 1.165) is 24.9 Å². The van der Waals surface area contributed by atoms with Gasteiger partial charge in [0.2, 0.25) is 0 Å². The summed E-state index contributed by atoms with van der Waals surface area (Å²) < 4.78 is 14.0. The second kappa shape index (κ2) is 6.82. The van der Waals surface area contributed by atoms with E-state index in [1.54, 1.807) is 6.07 Å². The SMILES string of the molecule is N#Cc1ccc(C2=CC3CCCC(C2)N3Cc2ccccc2)cc1F. The fraction of sp³-hybridized carbons (Fsp3) is 0.318. The molecule has 0 aromatic heterocycles. The Morgan fingerprint density at radius 3 is 2.68 bits per heavy atom. The maximum Gasteiger partial charge on any atom is 0.141 e. The van der Waals surface area contributed by atoms with Crippen LogP contribution in [0.3, 0.4) is 0 Å². The molecule has 0 radical (unpaired) electrons. The number of piperidine rings is 1. The van der Waals surface area contributed by atoms with Gasteiger partial charge in [0.25, 0.3) is 0 Å². The molecular formula is C22H21FN2. The Bertz CT molecular complexity index is 835. The second-order valence-corrected chi connectivity index (χ2v) is 7.01. The van der Waals surface area contributed by atoms with Gasteiger partial charge in [0.15, 0.2) is 0 Å². The number of hydrogen-bond donors (Lipinski definition) is 0. The summed E-state index contributed by atoms with van der Waals surface area (Å²) in [5.41, 5.74) is 3.61. The predicted octanol–water partition coefficient (Wildman–Crippen LogP) is 4.91. The van der Waals surface area contributed by atoms with Crippen molar-refractivity contribution in [2.24, 2.45) is 0 Å². The van der Waals surface area contributed by atoms with Crippen molar-refractivity contribution in [1.29, 1.82) is 5.26 Å². The van der Waals surface area contributed by atoms with E-state index in [0.29, 0.717) is 12.1 Å². The molecule has 4 rings (SSSR count). The number of nitriles is 1. The molecule has 0 spiro atoms. The number of fused-ring (bicyclic) bond motifs is 2. The standard InChI is InChI=1S/C22H21FN2/c23-22-13-17(9-10-18(22)14-24)19-11-20-7-4-8-21(12-19)25(20)15-16-5-2-1-3-6-16/h1-3,5-6,9-11,13,20-21H,4,7-8,12,15H2. The van der Waals surface area contributed by atoms with Gasteiger partial charge >= 0.3 is 0 Å². The average molecular weight is 332 g/mol. The highest BCUT2D eigenvalue weighted by atomic mass is 19.1. The molecule has 2 nitrogen and oxygen atoms in total. The highest BCUT2D eigenvalue weighted by molar-refractivity contribution is 5.68. The maximum atomic E-state index is 14.0. The van der Waals surface area contributed by atoms with Crippen LogP contribution in [0.5, 0.6) is 0 Å². The van der Waals surface area contributed by atoms with Gasteiger partial charge in [-0.05, 0) is 48.1 Å². The highest BCUT2D eigenvalue weighted by Gasteiger charge is 2.34. The van der Waals surface area contributed by atoms with E-state index in [1.807, 2.05) is 12.1 Å². The molecule has 1 fully saturated rings. The Labute approximate surface area is 148 Å². The van der Waals surface area contributed by atoms with Gasteiger partial charge in [-0.15, -0.1) is 0 Å². The molecule has 2 atom stereocenters. The lowest BCUT2D eigenvalue weighted by Gasteiger charge is -2.45. The summed E-state index contributed by atoms with van der Waals surface area (Å²) in [5, 5.41) is 8.91. The molecule has 1 saturated heterocycles.